The largest absolute Gasteiger partial charge is 0.381 e. The number of carbonyl (C=O) groups excluding carboxylic acids is 1. The summed E-state index contributed by atoms with van der Waals surface area (Å²) >= 11 is 0. The first-order valence-corrected chi connectivity index (χ1v) is 5.64. The minimum absolute atomic E-state index is 0.135. The van der Waals surface area contributed by atoms with E-state index in [0.29, 0.717) is 30.9 Å². The summed E-state index contributed by atoms with van der Waals surface area (Å²) in [5.74, 6) is -0.135. The monoisotopic (exact) mass is 232 g/mol. The summed E-state index contributed by atoms with van der Waals surface area (Å²) in [6.45, 7) is 3.10. The summed E-state index contributed by atoms with van der Waals surface area (Å²) in [7, 11) is 0. The third-order valence-corrected chi connectivity index (χ3v) is 2.14. The van der Waals surface area contributed by atoms with Crippen molar-refractivity contribution in [1.82, 2.24) is 0 Å². The quantitative estimate of drug-likeness (QED) is 0.765. The molecule has 0 atom stereocenters. The lowest BCUT2D eigenvalue weighted by atomic mass is 10.2. The molecule has 0 fully saturated rings. The number of rotatable bonds is 6. The molecule has 0 aliphatic carbocycles. The number of carbonyl (C=O) groups is 1. The van der Waals surface area contributed by atoms with Crippen LogP contribution in [0.3, 0.4) is 0 Å². The lowest BCUT2D eigenvalue weighted by molar-refractivity contribution is -0.117. The van der Waals surface area contributed by atoms with Gasteiger partial charge in [-0.25, -0.2) is 0 Å². The molecule has 1 aromatic rings. The number of hydrogen-bond acceptors (Lipinski definition) is 3. The molecular weight excluding hydrogens is 216 g/mol. The zero-order chi connectivity index (χ0) is 12.5. The summed E-state index contributed by atoms with van der Waals surface area (Å²) in [6.07, 6.45) is 1.25. The van der Waals surface area contributed by atoms with Crippen LogP contribution >= 0.6 is 0 Å². The maximum Gasteiger partial charge on any atom is 0.226 e. The lowest BCUT2D eigenvalue weighted by Crippen LogP contribution is -2.15. The number of nitrogens with one attached hydrogen (secondary N) is 1. The average molecular weight is 232 g/mol. The summed E-state index contributed by atoms with van der Waals surface area (Å²) < 4.78 is 5.22. The Morgan fingerprint density at radius 1 is 1.41 bits per heavy atom. The molecule has 90 valence electrons. The molecule has 0 saturated carbocycles. The van der Waals surface area contributed by atoms with Gasteiger partial charge >= 0.3 is 0 Å². The third-order valence-electron chi connectivity index (χ3n) is 2.14. The molecule has 0 radical (unpaired) electrons. The second-order valence-electron chi connectivity index (χ2n) is 3.57. The van der Waals surface area contributed by atoms with Gasteiger partial charge in [0.15, 0.2) is 0 Å². The fourth-order valence-corrected chi connectivity index (χ4v) is 1.31. The van der Waals surface area contributed by atoms with Gasteiger partial charge in [0.2, 0.25) is 5.91 Å². The number of ether oxygens (including phenoxy) is 1. The number of nitriles is 1. The van der Waals surface area contributed by atoms with Gasteiger partial charge in [0.05, 0.1) is 24.3 Å². The maximum absolute atomic E-state index is 11.5. The van der Waals surface area contributed by atoms with Crippen LogP contribution in [0.1, 0.15) is 25.3 Å². The molecule has 4 heteroatoms. The van der Waals surface area contributed by atoms with Crippen LogP contribution in [0.2, 0.25) is 0 Å². The van der Waals surface area contributed by atoms with Crippen LogP contribution in [-0.4, -0.2) is 19.1 Å². The van der Waals surface area contributed by atoms with Crippen LogP contribution in [0, 0.1) is 11.3 Å². The molecule has 1 amide bonds. The van der Waals surface area contributed by atoms with E-state index >= 15 is 0 Å². The molecule has 0 bridgehead atoms. The smallest absolute Gasteiger partial charge is 0.226 e. The molecule has 1 rings (SSSR count). The van der Waals surface area contributed by atoms with Gasteiger partial charge in [-0.05, 0) is 18.6 Å². The van der Waals surface area contributed by atoms with Crippen molar-refractivity contribution in [2.75, 3.05) is 18.5 Å². The van der Waals surface area contributed by atoms with E-state index in [1.165, 1.54) is 0 Å². The molecular formula is C13H16N2O2. The summed E-state index contributed by atoms with van der Waals surface area (Å²) in [5, 5.41) is 11.5. The number of nitrogens with zero attached hydrogens (tertiary/aromatic N) is 1. The highest BCUT2D eigenvalue weighted by molar-refractivity contribution is 5.92. The molecule has 0 unspecified atom stereocenters. The van der Waals surface area contributed by atoms with Crippen LogP contribution < -0.4 is 5.32 Å². The lowest BCUT2D eigenvalue weighted by Gasteiger charge is -2.06. The second kappa shape index (κ2) is 7.42. The Labute approximate surface area is 101 Å². The molecule has 0 aromatic heterocycles. The van der Waals surface area contributed by atoms with Gasteiger partial charge in [0, 0.05) is 6.61 Å². The van der Waals surface area contributed by atoms with Crippen molar-refractivity contribution in [2.45, 2.75) is 19.8 Å². The van der Waals surface area contributed by atoms with Gasteiger partial charge in [0.25, 0.3) is 0 Å². The fraction of sp³-hybridized carbons (Fsp3) is 0.385. The van der Waals surface area contributed by atoms with E-state index in [1.807, 2.05) is 13.0 Å². The van der Waals surface area contributed by atoms with Gasteiger partial charge in [0.1, 0.15) is 6.07 Å². The molecule has 0 spiro atoms. The Balaban J connectivity index is 2.43. The van der Waals surface area contributed by atoms with Crippen molar-refractivity contribution >= 4 is 11.6 Å². The standard InChI is InChI=1S/C13H16N2O2/c1-2-8-17-9-7-13(16)15-12-6-4-3-5-11(12)10-14/h3-6H,2,7-9H2,1H3,(H,15,16). The van der Waals surface area contributed by atoms with Crippen LogP contribution in [-0.2, 0) is 9.53 Å². The molecule has 4 nitrogen and oxygen atoms in total. The van der Waals surface area contributed by atoms with E-state index in [9.17, 15) is 4.79 Å². The minimum atomic E-state index is -0.135. The van der Waals surface area contributed by atoms with E-state index in [4.69, 9.17) is 10.00 Å². The predicted octanol–water partition coefficient (Wildman–Crippen LogP) is 2.31. The molecule has 1 N–H and O–H groups in total. The topological polar surface area (TPSA) is 62.1 Å². The van der Waals surface area contributed by atoms with Crippen molar-refractivity contribution in [2.24, 2.45) is 0 Å². The fourth-order valence-electron chi connectivity index (χ4n) is 1.31. The molecule has 0 heterocycles. The van der Waals surface area contributed by atoms with E-state index in [1.54, 1.807) is 24.3 Å². The number of benzene rings is 1. The molecule has 1 aromatic carbocycles. The second-order valence-corrected chi connectivity index (χ2v) is 3.57. The van der Waals surface area contributed by atoms with E-state index in [0.717, 1.165) is 6.42 Å². The first-order chi connectivity index (χ1) is 8.27. The highest BCUT2D eigenvalue weighted by atomic mass is 16.5. The average Bonchev–Trinajstić information content (AvgIpc) is 2.35. The normalized spacial score (nSPS) is 9.65. The van der Waals surface area contributed by atoms with Crippen LogP contribution in [0.15, 0.2) is 24.3 Å². The van der Waals surface area contributed by atoms with E-state index < -0.39 is 0 Å². The van der Waals surface area contributed by atoms with Crippen molar-refractivity contribution in [1.29, 1.82) is 5.26 Å². The van der Waals surface area contributed by atoms with Crippen LogP contribution in [0.25, 0.3) is 0 Å². The molecule has 0 aliphatic rings. The predicted molar refractivity (Wildman–Crippen MR) is 65.5 cm³/mol. The first kappa shape index (κ1) is 13.2. The summed E-state index contributed by atoms with van der Waals surface area (Å²) in [4.78, 5) is 11.5. The van der Waals surface area contributed by atoms with Gasteiger partial charge in [-0.2, -0.15) is 5.26 Å². The van der Waals surface area contributed by atoms with E-state index in [2.05, 4.69) is 5.32 Å². The van der Waals surface area contributed by atoms with Crippen LogP contribution in [0.5, 0.6) is 0 Å². The third kappa shape index (κ3) is 4.66. The van der Waals surface area contributed by atoms with E-state index in [-0.39, 0.29) is 5.91 Å². The van der Waals surface area contributed by atoms with Gasteiger partial charge in [-0.1, -0.05) is 19.1 Å². The van der Waals surface area contributed by atoms with Gasteiger partial charge in [-0.15, -0.1) is 0 Å². The van der Waals surface area contributed by atoms with Crippen molar-refractivity contribution in [3.63, 3.8) is 0 Å². The highest BCUT2D eigenvalue weighted by Crippen LogP contribution is 2.13. The molecule has 17 heavy (non-hydrogen) atoms. The maximum atomic E-state index is 11.5. The Kier molecular flexibility index (Phi) is 5.76. The minimum Gasteiger partial charge on any atom is -0.381 e. The Bertz CT molecular complexity index is 410. The molecule has 0 saturated heterocycles. The number of anilines is 1. The Morgan fingerprint density at radius 3 is 2.88 bits per heavy atom. The number of para-hydroxylation sites is 1. The van der Waals surface area contributed by atoms with Crippen molar-refractivity contribution in [3.8, 4) is 6.07 Å². The Morgan fingerprint density at radius 2 is 2.18 bits per heavy atom. The van der Waals surface area contributed by atoms with Gasteiger partial charge < -0.3 is 10.1 Å². The Hall–Kier alpha value is -1.86. The summed E-state index contributed by atoms with van der Waals surface area (Å²) in [6, 6.07) is 8.96. The number of hydrogen-bond donors (Lipinski definition) is 1. The van der Waals surface area contributed by atoms with Crippen LogP contribution in [0.4, 0.5) is 5.69 Å². The SMILES string of the molecule is CCCOCCC(=O)Nc1ccccc1C#N. The van der Waals surface area contributed by atoms with Gasteiger partial charge in [-0.3, -0.25) is 4.79 Å². The zero-order valence-electron chi connectivity index (χ0n) is 9.90. The summed E-state index contributed by atoms with van der Waals surface area (Å²) in [5.41, 5.74) is 1.02. The number of amides is 1. The molecule has 0 aliphatic heterocycles. The highest BCUT2D eigenvalue weighted by Gasteiger charge is 2.05. The zero-order valence-corrected chi connectivity index (χ0v) is 9.90. The first-order valence-electron chi connectivity index (χ1n) is 5.64. The van der Waals surface area contributed by atoms with Crippen molar-refractivity contribution < 1.29 is 9.53 Å². The van der Waals surface area contributed by atoms with Crippen molar-refractivity contribution in [3.05, 3.63) is 29.8 Å².